The highest BCUT2D eigenvalue weighted by atomic mass is 32.1. The highest BCUT2D eigenvalue weighted by Gasteiger charge is 2.12. The van der Waals surface area contributed by atoms with Gasteiger partial charge >= 0.3 is 0 Å². The molecule has 0 saturated carbocycles. The number of hydrogen-bond acceptors (Lipinski definition) is 7. The maximum Gasteiger partial charge on any atom is 0.261 e. The van der Waals surface area contributed by atoms with Gasteiger partial charge in [0, 0.05) is 11.8 Å². The summed E-state index contributed by atoms with van der Waals surface area (Å²) >= 11 is 1.40. The topological polar surface area (TPSA) is 98.2 Å². The smallest absolute Gasteiger partial charge is 0.261 e. The normalized spacial score (nSPS) is 11.0. The quantitative estimate of drug-likeness (QED) is 0.611. The first-order valence-corrected chi connectivity index (χ1v) is 8.05. The number of amides is 1. The van der Waals surface area contributed by atoms with Crippen LogP contribution in [0.5, 0.6) is 0 Å². The van der Waals surface area contributed by atoms with Crippen molar-refractivity contribution in [1.29, 1.82) is 0 Å². The summed E-state index contributed by atoms with van der Waals surface area (Å²) in [6, 6.07) is 7.27. The van der Waals surface area contributed by atoms with Gasteiger partial charge in [0.25, 0.3) is 11.8 Å². The van der Waals surface area contributed by atoms with E-state index in [0.717, 1.165) is 5.56 Å². The van der Waals surface area contributed by atoms with E-state index < -0.39 is 0 Å². The molecule has 24 heavy (non-hydrogen) atoms. The third-order valence-electron chi connectivity index (χ3n) is 3.41. The number of nitrogens with zero attached hydrogens (tertiary/aromatic N) is 5. The van der Waals surface area contributed by atoms with Crippen LogP contribution in [0.1, 0.15) is 21.3 Å². The molecule has 0 spiro atoms. The average Bonchev–Trinajstić information content (AvgIpc) is 3.33. The van der Waals surface area contributed by atoms with Crippen LogP contribution < -0.4 is 5.32 Å². The second kappa shape index (κ2) is 5.85. The minimum atomic E-state index is -0.125. The first-order chi connectivity index (χ1) is 11.7. The van der Waals surface area contributed by atoms with Crippen LogP contribution >= 0.6 is 11.3 Å². The molecule has 4 aromatic heterocycles. The fourth-order valence-corrected chi connectivity index (χ4v) is 2.90. The Labute approximate surface area is 140 Å². The maximum atomic E-state index is 12.0. The first-order valence-electron chi connectivity index (χ1n) is 7.17. The summed E-state index contributed by atoms with van der Waals surface area (Å²) in [6.45, 7) is 2.05. The average molecular weight is 340 g/mol. The molecule has 0 aromatic carbocycles. The van der Waals surface area contributed by atoms with Crippen molar-refractivity contribution in [2.75, 3.05) is 0 Å². The molecule has 0 radical (unpaired) electrons. The van der Waals surface area contributed by atoms with Crippen LogP contribution in [0.2, 0.25) is 0 Å². The number of carbonyl (C=O) groups excluding carboxylic acids is 1. The number of carbonyl (C=O) groups is 1. The van der Waals surface area contributed by atoms with Gasteiger partial charge in [-0.15, -0.1) is 21.5 Å². The Balaban J connectivity index is 1.56. The van der Waals surface area contributed by atoms with Crippen molar-refractivity contribution in [2.45, 2.75) is 13.5 Å². The van der Waals surface area contributed by atoms with Crippen LogP contribution in [-0.2, 0) is 6.54 Å². The summed E-state index contributed by atoms with van der Waals surface area (Å²) in [5.41, 5.74) is 1.41. The lowest BCUT2D eigenvalue weighted by molar-refractivity contribution is 0.0954. The van der Waals surface area contributed by atoms with E-state index in [1.165, 1.54) is 11.3 Å². The van der Waals surface area contributed by atoms with Gasteiger partial charge in [0.2, 0.25) is 0 Å². The first kappa shape index (κ1) is 14.5. The molecular weight excluding hydrogens is 328 g/mol. The lowest BCUT2D eigenvalue weighted by Gasteiger charge is -2.03. The Hall–Kier alpha value is -3.07. The van der Waals surface area contributed by atoms with Crippen molar-refractivity contribution in [3.8, 4) is 11.5 Å². The van der Waals surface area contributed by atoms with Gasteiger partial charge in [-0.3, -0.25) is 9.20 Å². The molecule has 9 heteroatoms. The minimum absolute atomic E-state index is 0.125. The van der Waals surface area contributed by atoms with E-state index in [1.54, 1.807) is 17.4 Å². The molecule has 1 amide bonds. The third kappa shape index (κ3) is 2.65. The number of thiophene rings is 1. The van der Waals surface area contributed by atoms with Crippen molar-refractivity contribution in [3.05, 3.63) is 52.4 Å². The van der Waals surface area contributed by atoms with Gasteiger partial charge < -0.3 is 9.84 Å². The molecule has 0 saturated heterocycles. The molecule has 0 aliphatic heterocycles. The van der Waals surface area contributed by atoms with Gasteiger partial charge in [-0.05, 0) is 30.5 Å². The second-order valence-corrected chi connectivity index (χ2v) is 6.01. The summed E-state index contributed by atoms with van der Waals surface area (Å²) in [5, 5.41) is 16.7. The van der Waals surface area contributed by atoms with Crippen LogP contribution in [0.15, 0.2) is 40.4 Å². The molecular formula is C15H12N6O2S. The fraction of sp³-hybridized carbons (Fsp3) is 0.133. The molecule has 8 nitrogen and oxygen atoms in total. The molecule has 4 aromatic rings. The number of hydrogen-bond donors (Lipinski definition) is 1. The highest BCUT2D eigenvalue weighted by molar-refractivity contribution is 7.12. The lowest BCUT2D eigenvalue weighted by Crippen LogP contribution is -2.23. The number of rotatable bonds is 4. The van der Waals surface area contributed by atoms with Crippen molar-refractivity contribution in [1.82, 2.24) is 30.1 Å². The number of aromatic nitrogens is 5. The van der Waals surface area contributed by atoms with E-state index in [1.807, 2.05) is 29.8 Å². The summed E-state index contributed by atoms with van der Waals surface area (Å²) < 4.78 is 6.96. The zero-order valence-corrected chi connectivity index (χ0v) is 13.4. The molecule has 0 bridgehead atoms. The molecule has 120 valence electrons. The Kier molecular flexibility index (Phi) is 3.54. The van der Waals surface area contributed by atoms with E-state index in [9.17, 15) is 4.79 Å². The molecule has 4 heterocycles. The number of fused-ring (bicyclic) bond motifs is 1. The van der Waals surface area contributed by atoms with Crippen molar-refractivity contribution in [3.63, 3.8) is 0 Å². The van der Waals surface area contributed by atoms with E-state index in [-0.39, 0.29) is 12.5 Å². The second-order valence-electron chi connectivity index (χ2n) is 5.07. The van der Waals surface area contributed by atoms with E-state index in [4.69, 9.17) is 4.52 Å². The SMILES string of the molecule is Cc1noc(-c2ccn3c(CNC(=O)c4cccs4)nnc3c2)n1. The van der Waals surface area contributed by atoms with Crippen LogP contribution in [0.3, 0.4) is 0 Å². The largest absolute Gasteiger partial charge is 0.344 e. The van der Waals surface area contributed by atoms with Crippen LogP contribution in [0.4, 0.5) is 0 Å². The Morgan fingerprint density at radius 2 is 2.29 bits per heavy atom. The molecule has 4 rings (SSSR count). The molecule has 0 unspecified atom stereocenters. The summed E-state index contributed by atoms with van der Waals surface area (Å²) in [6.07, 6.45) is 1.82. The fourth-order valence-electron chi connectivity index (χ4n) is 2.26. The summed E-state index contributed by atoms with van der Waals surface area (Å²) in [4.78, 5) is 16.8. The molecule has 1 N–H and O–H groups in total. The summed E-state index contributed by atoms with van der Waals surface area (Å²) in [5.74, 6) is 1.52. The third-order valence-corrected chi connectivity index (χ3v) is 4.28. The van der Waals surface area contributed by atoms with Crippen LogP contribution in [0.25, 0.3) is 17.1 Å². The van der Waals surface area contributed by atoms with Crippen molar-refractivity contribution in [2.24, 2.45) is 0 Å². The highest BCUT2D eigenvalue weighted by Crippen LogP contribution is 2.19. The maximum absolute atomic E-state index is 12.0. The Morgan fingerprint density at radius 1 is 1.38 bits per heavy atom. The van der Waals surface area contributed by atoms with Crippen LogP contribution in [0, 0.1) is 6.92 Å². The van der Waals surface area contributed by atoms with E-state index in [2.05, 4.69) is 25.7 Å². The molecule has 0 aliphatic carbocycles. The van der Waals surface area contributed by atoms with Crippen molar-refractivity contribution >= 4 is 22.9 Å². The van der Waals surface area contributed by atoms with E-state index in [0.29, 0.717) is 28.1 Å². The predicted molar refractivity (Wildman–Crippen MR) is 86.5 cm³/mol. The van der Waals surface area contributed by atoms with Gasteiger partial charge in [-0.2, -0.15) is 4.98 Å². The predicted octanol–water partition coefficient (Wildman–Crippen LogP) is 2.08. The van der Waals surface area contributed by atoms with Gasteiger partial charge in [0.05, 0.1) is 11.4 Å². The Morgan fingerprint density at radius 3 is 3.04 bits per heavy atom. The van der Waals surface area contributed by atoms with Crippen molar-refractivity contribution < 1.29 is 9.32 Å². The number of pyridine rings is 1. The monoisotopic (exact) mass is 340 g/mol. The molecule has 0 aliphatic rings. The zero-order chi connectivity index (χ0) is 16.5. The van der Waals surface area contributed by atoms with E-state index >= 15 is 0 Å². The van der Waals surface area contributed by atoms with Gasteiger partial charge in [0.1, 0.15) is 0 Å². The van der Waals surface area contributed by atoms with Gasteiger partial charge in [0.15, 0.2) is 17.3 Å². The minimum Gasteiger partial charge on any atom is -0.344 e. The molecule has 0 fully saturated rings. The van der Waals surface area contributed by atoms with Gasteiger partial charge in [-0.1, -0.05) is 11.2 Å². The lowest BCUT2D eigenvalue weighted by atomic mass is 10.2. The van der Waals surface area contributed by atoms with Gasteiger partial charge in [-0.25, -0.2) is 0 Å². The zero-order valence-electron chi connectivity index (χ0n) is 12.6. The Bertz CT molecular complexity index is 1000. The van der Waals surface area contributed by atoms with Crippen LogP contribution in [-0.4, -0.2) is 30.6 Å². The number of nitrogens with one attached hydrogen (secondary N) is 1. The molecule has 0 atom stereocenters. The number of aryl methyl sites for hydroxylation is 1. The standard InChI is InChI=1S/C15H12N6O2S/c1-9-17-15(23-20-9)10-4-5-21-12(7-10)18-19-13(21)8-16-14(22)11-3-2-6-24-11/h2-7H,8H2,1H3,(H,16,22). The summed E-state index contributed by atoms with van der Waals surface area (Å²) in [7, 11) is 0.